The minimum atomic E-state index is 0.558. The van der Waals surface area contributed by atoms with Gasteiger partial charge in [0.2, 0.25) is 0 Å². The molecule has 0 amide bonds. The Morgan fingerprint density at radius 1 is 1.54 bits per heavy atom. The van der Waals surface area contributed by atoms with Crippen molar-refractivity contribution in [3.8, 4) is 0 Å². The fourth-order valence-corrected chi connectivity index (χ4v) is 2.12. The lowest BCUT2D eigenvalue weighted by atomic mass is 9.98. The van der Waals surface area contributed by atoms with Gasteiger partial charge in [-0.2, -0.15) is 0 Å². The highest BCUT2D eigenvalue weighted by molar-refractivity contribution is 5.11. The van der Waals surface area contributed by atoms with Crippen molar-refractivity contribution >= 4 is 0 Å². The molecule has 0 radical (unpaired) electrons. The molecule has 13 heavy (non-hydrogen) atoms. The Balaban J connectivity index is 2.33. The molecule has 0 saturated carbocycles. The van der Waals surface area contributed by atoms with Crippen LogP contribution in [-0.4, -0.2) is 9.55 Å². The van der Waals surface area contributed by atoms with Crippen LogP contribution in [0.3, 0.4) is 0 Å². The molecule has 1 atom stereocenters. The topological polar surface area (TPSA) is 17.8 Å². The summed E-state index contributed by atoms with van der Waals surface area (Å²) in [6, 6.07) is 0. The molecule has 2 nitrogen and oxygen atoms in total. The van der Waals surface area contributed by atoms with Crippen molar-refractivity contribution in [2.75, 3.05) is 0 Å². The standard InChI is InChI=1S/C11H18N2/c1-8(2)11-12-7-10-6-9(3)4-5-13(10)11/h7-9H,4-6H2,1-3H3. The number of imidazole rings is 1. The second-order valence-electron chi connectivity index (χ2n) is 4.51. The van der Waals surface area contributed by atoms with Gasteiger partial charge in [0.05, 0.1) is 0 Å². The first-order valence-corrected chi connectivity index (χ1v) is 5.22. The fraction of sp³-hybridized carbons (Fsp3) is 0.727. The first-order valence-electron chi connectivity index (χ1n) is 5.22. The van der Waals surface area contributed by atoms with Gasteiger partial charge < -0.3 is 4.57 Å². The van der Waals surface area contributed by atoms with E-state index in [0.717, 1.165) is 5.92 Å². The Morgan fingerprint density at radius 2 is 2.31 bits per heavy atom. The minimum absolute atomic E-state index is 0.558. The van der Waals surface area contributed by atoms with Crippen molar-refractivity contribution in [3.05, 3.63) is 17.7 Å². The molecule has 0 aliphatic carbocycles. The molecule has 2 rings (SSSR count). The number of rotatable bonds is 1. The van der Waals surface area contributed by atoms with Crippen molar-refractivity contribution < 1.29 is 0 Å². The van der Waals surface area contributed by atoms with Crippen molar-refractivity contribution in [3.63, 3.8) is 0 Å². The molecule has 2 heterocycles. The Labute approximate surface area is 80.0 Å². The maximum atomic E-state index is 4.49. The predicted octanol–water partition coefficient (Wildman–Crippen LogP) is 2.59. The van der Waals surface area contributed by atoms with Crippen LogP contribution in [-0.2, 0) is 13.0 Å². The van der Waals surface area contributed by atoms with Crippen LogP contribution in [0.4, 0.5) is 0 Å². The number of nitrogens with zero attached hydrogens (tertiary/aromatic N) is 2. The summed E-state index contributed by atoms with van der Waals surface area (Å²) in [5, 5.41) is 0. The molecule has 0 fully saturated rings. The van der Waals surface area contributed by atoms with Crippen LogP contribution in [0.1, 0.15) is 44.6 Å². The van der Waals surface area contributed by atoms with Crippen molar-refractivity contribution in [2.45, 2.75) is 46.1 Å². The van der Waals surface area contributed by atoms with Crippen LogP contribution in [0, 0.1) is 5.92 Å². The van der Waals surface area contributed by atoms with Gasteiger partial charge in [0, 0.05) is 24.4 Å². The van der Waals surface area contributed by atoms with E-state index < -0.39 is 0 Å². The normalized spacial score (nSPS) is 22.0. The summed E-state index contributed by atoms with van der Waals surface area (Å²) >= 11 is 0. The quantitative estimate of drug-likeness (QED) is 0.646. The highest BCUT2D eigenvalue weighted by Crippen LogP contribution is 2.24. The Hall–Kier alpha value is -0.790. The Kier molecular flexibility index (Phi) is 2.14. The monoisotopic (exact) mass is 178 g/mol. The van der Waals surface area contributed by atoms with Crippen LogP contribution in [0.5, 0.6) is 0 Å². The Bertz CT molecular complexity index is 299. The average molecular weight is 178 g/mol. The minimum Gasteiger partial charge on any atom is -0.332 e. The molecule has 1 aliphatic heterocycles. The zero-order chi connectivity index (χ0) is 9.42. The third-order valence-electron chi connectivity index (χ3n) is 2.89. The second kappa shape index (κ2) is 3.17. The third kappa shape index (κ3) is 1.50. The molecule has 0 bridgehead atoms. The summed E-state index contributed by atoms with van der Waals surface area (Å²) in [6.45, 7) is 7.93. The van der Waals surface area contributed by atoms with Crippen molar-refractivity contribution in [1.29, 1.82) is 0 Å². The summed E-state index contributed by atoms with van der Waals surface area (Å²) < 4.78 is 2.41. The number of fused-ring (bicyclic) bond motifs is 1. The first kappa shape index (κ1) is 8.79. The van der Waals surface area contributed by atoms with Gasteiger partial charge in [0.25, 0.3) is 0 Å². The molecule has 0 spiro atoms. The first-order chi connectivity index (χ1) is 6.18. The molecule has 0 saturated heterocycles. The Morgan fingerprint density at radius 3 is 3.00 bits per heavy atom. The van der Waals surface area contributed by atoms with E-state index in [1.54, 1.807) is 0 Å². The van der Waals surface area contributed by atoms with Gasteiger partial charge in [-0.15, -0.1) is 0 Å². The van der Waals surface area contributed by atoms with Crippen LogP contribution in [0.2, 0.25) is 0 Å². The van der Waals surface area contributed by atoms with Crippen LogP contribution in [0.25, 0.3) is 0 Å². The average Bonchev–Trinajstić information content (AvgIpc) is 2.46. The third-order valence-corrected chi connectivity index (χ3v) is 2.89. The van der Waals surface area contributed by atoms with E-state index >= 15 is 0 Å². The van der Waals surface area contributed by atoms with Crippen molar-refractivity contribution in [2.24, 2.45) is 5.92 Å². The van der Waals surface area contributed by atoms with Gasteiger partial charge in [0.15, 0.2) is 0 Å². The lowest BCUT2D eigenvalue weighted by molar-refractivity contribution is 0.405. The van der Waals surface area contributed by atoms with E-state index in [1.807, 2.05) is 0 Å². The van der Waals surface area contributed by atoms with E-state index in [-0.39, 0.29) is 0 Å². The van der Waals surface area contributed by atoms with E-state index in [4.69, 9.17) is 0 Å². The van der Waals surface area contributed by atoms with Gasteiger partial charge >= 0.3 is 0 Å². The zero-order valence-corrected chi connectivity index (χ0v) is 8.75. The summed E-state index contributed by atoms with van der Waals surface area (Å²) in [5.74, 6) is 2.66. The number of hydrogen-bond acceptors (Lipinski definition) is 1. The SMILES string of the molecule is CC1CCn2c(cnc2C(C)C)C1. The predicted molar refractivity (Wildman–Crippen MR) is 53.8 cm³/mol. The molecular formula is C11H18N2. The largest absolute Gasteiger partial charge is 0.332 e. The second-order valence-corrected chi connectivity index (χ2v) is 4.51. The summed E-state index contributed by atoms with van der Waals surface area (Å²) in [5.41, 5.74) is 1.43. The summed E-state index contributed by atoms with van der Waals surface area (Å²) in [7, 11) is 0. The number of aromatic nitrogens is 2. The fourth-order valence-electron chi connectivity index (χ4n) is 2.12. The van der Waals surface area contributed by atoms with Crippen LogP contribution >= 0.6 is 0 Å². The molecule has 1 aliphatic rings. The highest BCUT2D eigenvalue weighted by Gasteiger charge is 2.19. The summed E-state index contributed by atoms with van der Waals surface area (Å²) in [4.78, 5) is 4.49. The highest BCUT2D eigenvalue weighted by atomic mass is 15.1. The van der Waals surface area contributed by atoms with Gasteiger partial charge in [-0.25, -0.2) is 4.98 Å². The molecule has 72 valence electrons. The molecule has 0 N–H and O–H groups in total. The zero-order valence-electron chi connectivity index (χ0n) is 8.75. The smallest absolute Gasteiger partial charge is 0.111 e. The van der Waals surface area contributed by atoms with Crippen molar-refractivity contribution in [1.82, 2.24) is 9.55 Å². The number of hydrogen-bond donors (Lipinski definition) is 0. The van der Waals surface area contributed by atoms with Gasteiger partial charge in [-0.05, 0) is 18.8 Å². The lowest BCUT2D eigenvalue weighted by Gasteiger charge is -2.22. The van der Waals surface area contributed by atoms with E-state index in [1.165, 1.54) is 30.9 Å². The molecule has 1 unspecified atom stereocenters. The molecular weight excluding hydrogens is 160 g/mol. The van der Waals surface area contributed by atoms with Gasteiger partial charge in [-0.3, -0.25) is 0 Å². The van der Waals surface area contributed by atoms with E-state index in [9.17, 15) is 0 Å². The van der Waals surface area contributed by atoms with Gasteiger partial charge in [0.1, 0.15) is 5.82 Å². The molecule has 1 aromatic heterocycles. The summed E-state index contributed by atoms with van der Waals surface area (Å²) in [6.07, 6.45) is 4.58. The molecule has 0 aromatic carbocycles. The maximum absolute atomic E-state index is 4.49. The van der Waals surface area contributed by atoms with Gasteiger partial charge in [-0.1, -0.05) is 20.8 Å². The maximum Gasteiger partial charge on any atom is 0.111 e. The lowest BCUT2D eigenvalue weighted by Crippen LogP contribution is -2.18. The van der Waals surface area contributed by atoms with Crippen LogP contribution in [0.15, 0.2) is 6.20 Å². The molecule has 1 aromatic rings. The van der Waals surface area contributed by atoms with E-state index in [2.05, 4.69) is 36.5 Å². The van der Waals surface area contributed by atoms with E-state index in [0.29, 0.717) is 5.92 Å². The van der Waals surface area contributed by atoms with Crippen LogP contribution < -0.4 is 0 Å². The molecule has 2 heteroatoms.